The first-order valence-corrected chi connectivity index (χ1v) is 6.52. The van der Waals surface area contributed by atoms with Crippen LogP contribution in [0.3, 0.4) is 0 Å². The first-order valence-electron chi connectivity index (χ1n) is 6.52. The van der Waals surface area contributed by atoms with E-state index in [1.807, 2.05) is 0 Å². The van der Waals surface area contributed by atoms with E-state index in [1.165, 1.54) is 18.5 Å². The van der Waals surface area contributed by atoms with Crippen LogP contribution in [0.1, 0.15) is 24.9 Å². The van der Waals surface area contributed by atoms with Crippen molar-refractivity contribution < 1.29 is 0 Å². The molecule has 2 nitrogen and oxygen atoms in total. The maximum atomic E-state index is 3.64. The smallest absolute Gasteiger partial charge is 0.0449 e. The molecule has 1 heterocycles. The molecule has 1 aliphatic heterocycles. The molecule has 1 unspecified atom stereocenters. The minimum atomic E-state index is 0.476. The Morgan fingerprint density at radius 2 is 2.18 bits per heavy atom. The summed E-state index contributed by atoms with van der Waals surface area (Å²) in [5.74, 6) is 0. The predicted molar refractivity (Wildman–Crippen MR) is 73.1 cm³/mol. The summed E-state index contributed by atoms with van der Waals surface area (Å²) in [7, 11) is 0. The molecule has 0 radical (unpaired) electrons. The monoisotopic (exact) mass is 230 g/mol. The number of nitrogens with one attached hydrogen (secondary N) is 1. The second kappa shape index (κ2) is 6.58. The Kier molecular flexibility index (Phi) is 4.77. The topological polar surface area (TPSA) is 15.3 Å². The standard InChI is InChI=1S/C15H22N2/c1-2-3-11-17-12-7-10-16-15(13-17)14-8-5-4-6-9-14/h2-6,8-9,15-16H,7,10-13H2,1H3/b3-2+. The predicted octanol–water partition coefficient (Wildman–Crippen LogP) is 2.60. The number of hydrogen-bond acceptors (Lipinski definition) is 2. The lowest BCUT2D eigenvalue weighted by Gasteiger charge is -2.23. The first kappa shape index (κ1) is 12.3. The molecule has 1 fully saturated rings. The lowest BCUT2D eigenvalue weighted by Crippen LogP contribution is -2.31. The summed E-state index contributed by atoms with van der Waals surface area (Å²) < 4.78 is 0. The van der Waals surface area contributed by atoms with Crippen LogP contribution < -0.4 is 5.32 Å². The average Bonchev–Trinajstić information content (AvgIpc) is 2.63. The van der Waals surface area contributed by atoms with E-state index in [0.29, 0.717) is 6.04 Å². The first-order chi connectivity index (χ1) is 8.40. The summed E-state index contributed by atoms with van der Waals surface area (Å²) in [6.07, 6.45) is 5.62. The highest BCUT2D eigenvalue weighted by atomic mass is 15.2. The third-order valence-electron chi connectivity index (χ3n) is 3.28. The van der Waals surface area contributed by atoms with Crippen molar-refractivity contribution in [2.45, 2.75) is 19.4 Å². The summed E-state index contributed by atoms with van der Waals surface area (Å²) in [6, 6.07) is 11.2. The van der Waals surface area contributed by atoms with E-state index in [0.717, 1.165) is 19.6 Å². The maximum Gasteiger partial charge on any atom is 0.0449 e. The molecule has 0 aliphatic carbocycles. The molecule has 1 saturated heterocycles. The van der Waals surface area contributed by atoms with E-state index in [-0.39, 0.29) is 0 Å². The van der Waals surface area contributed by atoms with Crippen LogP contribution in [0.2, 0.25) is 0 Å². The average molecular weight is 230 g/mol. The molecule has 92 valence electrons. The summed E-state index contributed by atoms with van der Waals surface area (Å²) >= 11 is 0. The van der Waals surface area contributed by atoms with Crippen molar-refractivity contribution in [3.63, 3.8) is 0 Å². The summed E-state index contributed by atoms with van der Waals surface area (Å²) in [5.41, 5.74) is 1.40. The normalized spacial score (nSPS) is 22.8. The fourth-order valence-electron chi connectivity index (χ4n) is 2.32. The van der Waals surface area contributed by atoms with Crippen LogP contribution in [0.25, 0.3) is 0 Å². The van der Waals surface area contributed by atoms with Crippen LogP contribution >= 0.6 is 0 Å². The molecule has 1 N–H and O–H groups in total. The Morgan fingerprint density at radius 1 is 1.35 bits per heavy atom. The van der Waals surface area contributed by atoms with Crippen molar-refractivity contribution in [3.8, 4) is 0 Å². The molecule has 2 rings (SSSR count). The van der Waals surface area contributed by atoms with Gasteiger partial charge in [-0.15, -0.1) is 0 Å². The van der Waals surface area contributed by atoms with E-state index in [4.69, 9.17) is 0 Å². The van der Waals surface area contributed by atoms with Crippen LogP contribution in [0, 0.1) is 0 Å². The van der Waals surface area contributed by atoms with Crippen LogP contribution in [0.15, 0.2) is 42.5 Å². The van der Waals surface area contributed by atoms with Gasteiger partial charge < -0.3 is 5.32 Å². The van der Waals surface area contributed by atoms with Crippen molar-refractivity contribution in [2.75, 3.05) is 26.2 Å². The molecule has 17 heavy (non-hydrogen) atoms. The molecule has 0 saturated carbocycles. The number of allylic oxidation sites excluding steroid dienone is 1. The molecular weight excluding hydrogens is 208 g/mol. The van der Waals surface area contributed by atoms with Gasteiger partial charge in [-0.1, -0.05) is 42.5 Å². The minimum Gasteiger partial charge on any atom is -0.309 e. The van der Waals surface area contributed by atoms with E-state index >= 15 is 0 Å². The van der Waals surface area contributed by atoms with Gasteiger partial charge >= 0.3 is 0 Å². The number of rotatable bonds is 3. The Hall–Kier alpha value is -1.12. The highest BCUT2D eigenvalue weighted by molar-refractivity contribution is 5.19. The molecule has 1 atom stereocenters. The fourth-order valence-corrected chi connectivity index (χ4v) is 2.32. The van der Waals surface area contributed by atoms with E-state index in [2.05, 4.69) is 59.6 Å². The highest BCUT2D eigenvalue weighted by Crippen LogP contribution is 2.16. The van der Waals surface area contributed by atoms with Crippen molar-refractivity contribution in [1.29, 1.82) is 0 Å². The van der Waals surface area contributed by atoms with Gasteiger partial charge in [0.25, 0.3) is 0 Å². The van der Waals surface area contributed by atoms with Gasteiger partial charge in [0.05, 0.1) is 0 Å². The zero-order valence-corrected chi connectivity index (χ0v) is 10.6. The number of hydrogen-bond donors (Lipinski definition) is 1. The fraction of sp³-hybridized carbons (Fsp3) is 0.467. The van der Waals surface area contributed by atoms with Gasteiger partial charge in [0.15, 0.2) is 0 Å². The molecule has 0 bridgehead atoms. The van der Waals surface area contributed by atoms with Crippen molar-refractivity contribution in [3.05, 3.63) is 48.0 Å². The van der Waals surface area contributed by atoms with Crippen LogP contribution in [-0.4, -0.2) is 31.1 Å². The van der Waals surface area contributed by atoms with E-state index < -0.39 is 0 Å². The van der Waals surface area contributed by atoms with Gasteiger partial charge in [-0.3, -0.25) is 4.90 Å². The third kappa shape index (κ3) is 3.69. The Labute approximate surface area is 104 Å². The van der Waals surface area contributed by atoms with Gasteiger partial charge in [0.2, 0.25) is 0 Å². The summed E-state index contributed by atoms with van der Waals surface area (Å²) in [6.45, 7) is 6.58. The van der Waals surface area contributed by atoms with Crippen molar-refractivity contribution in [2.24, 2.45) is 0 Å². The van der Waals surface area contributed by atoms with Gasteiger partial charge in [-0.2, -0.15) is 0 Å². The van der Waals surface area contributed by atoms with Crippen molar-refractivity contribution in [1.82, 2.24) is 10.2 Å². The molecule has 2 heteroatoms. The largest absolute Gasteiger partial charge is 0.309 e. The lowest BCUT2D eigenvalue weighted by molar-refractivity contribution is 0.296. The second-order valence-corrected chi connectivity index (χ2v) is 4.60. The summed E-state index contributed by atoms with van der Waals surface area (Å²) in [4.78, 5) is 2.53. The Morgan fingerprint density at radius 3 is 2.94 bits per heavy atom. The van der Waals surface area contributed by atoms with Crippen molar-refractivity contribution >= 4 is 0 Å². The van der Waals surface area contributed by atoms with Gasteiger partial charge in [-0.25, -0.2) is 0 Å². The zero-order chi connectivity index (χ0) is 11.9. The van der Waals surface area contributed by atoms with Gasteiger partial charge in [0.1, 0.15) is 0 Å². The molecular formula is C15H22N2. The minimum absolute atomic E-state index is 0.476. The number of nitrogens with zero attached hydrogens (tertiary/aromatic N) is 1. The molecule has 0 aromatic heterocycles. The highest BCUT2D eigenvalue weighted by Gasteiger charge is 2.17. The van der Waals surface area contributed by atoms with Crippen LogP contribution in [0.4, 0.5) is 0 Å². The van der Waals surface area contributed by atoms with Crippen LogP contribution in [-0.2, 0) is 0 Å². The van der Waals surface area contributed by atoms with Crippen LogP contribution in [0.5, 0.6) is 0 Å². The van der Waals surface area contributed by atoms with Gasteiger partial charge in [0, 0.05) is 19.1 Å². The summed E-state index contributed by atoms with van der Waals surface area (Å²) in [5, 5.41) is 3.64. The maximum absolute atomic E-state index is 3.64. The molecule has 1 aromatic rings. The Bertz CT molecular complexity index is 345. The van der Waals surface area contributed by atoms with Gasteiger partial charge in [-0.05, 0) is 32.0 Å². The van der Waals surface area contributed by atoms with E-state index in [1.54, 1.807) is 0 Å². The molecule has 1 aromatic carbocycles. The Balaban J connectivity index is 2.02. The molecule has 0 spiro atoms. The zero-order valence-electron chi connectivity index (χ0n) is 10.6. The molecule has 0 amide bonds. The number of benzene rings is 1. The van der Waals surface area contributed by atoms with E-state index in [9.17, 15) is 0 Å². The lowest BCUT2D eigenvalue weighted by atomic mass is 10.1. The second-order valence-electron chi connectivity index (χ2n) is 4.60. The third-order valence-corrected chi connectivity index (χ3v) is 3.28. The quantitative estimate of drug-likeness (QED) is 0.803. The SMILES string of the molecule is C/C=C/CN1CCCNC(c2ccccc2)C1. The molecule has 1 aliphatic rings.